The molecule has 1 heterocycles. The van der Waals surface area contributed by atoms with Crippen molar-refractivity contribution in [1.29, 1.82) is 0 Å². The average molecular weight is 453 g/mol. The molecule has 0 bridgehead atoms. The Morgan fingerprint density at radius 2 is 1.50 bits per heavy atom. The van der Waals surface area contributed by atoms with Gasteiger partial charge in [-0.05, 0) is 24.7 Å². The van der Waals surface area contributed by atoms with Gasteiger partial charge < -0.3 is 10.1 Å². The molecule has 4 nitrogen and oxygen atoms in total. The lowest BCUT2D eigenvalue weighted by Gasteiger charge is -2.15. The predicted molar refractivity (Wildman–Crippen MR) is 87.8 cm³/mol. The van der Waals surface area contributed by atoms with Gasteiger partial charge in [-0.3, -0.25) is 0 Å². The number of aromatic amines is 1. The molecule has 1 aromatic rings. The number of alkyl halides is 8. The van der Waals surface area contributed by atoms with Crippen molar-refractivity contribution < 1.29 is 36.2 Å². The molecule has 3 rings (SSSR count). The molecule has 2 saturated carbocycles. The van der Waals surface area contributed by atoms with Crippen LogP contribution in [0.15, 0.2) is 0 Å². The topological polar surface area (TPSA) is 66.0 Å². The van der Waals surface area contributed by atoms with Gasteiger partial charge in [0.15, 0.2) is 5.69 Å². The molecule has 0 aromatic carbocycles. The lowest BCUT2D eigenvalue weighted by molar-refractivity contribution is -0.152. The first kappa shape index (κ1) is 21.5. The second kappa shape index (κ2) is 7.27. The minimum atomic E-state index is -4.42. The second-order valence-corrected chi connectivity index (χ2v) is 7.92. The number of nitrogens with zero attached hydrogens (tertiary/aromatic N) is 1. The number of rotatable bonds is 7. The van der Waals surface area contributed by atoms with Gasteiger partial charge in [0, 0.05) is 23.6 Å². The molecular formula is C16H16Cl2F6N2O2. The van der Waals surface area contributed by atoms with E-state index < -0.39 is 59.5 Å². The van der Waals surface area contributed by atoms with Crippen LogP contribution in [0, 0.1) is 23.7 Å². The Morgan fingerprint density at radius 3 is 1.86 bits per heavy atom. The number of carbonyl (C=O) groups is 1. The Hall–Kier alpha value is -1.16. The van der Waals surface area contributed by atoms with Crippen molar-refractivity contribution in [2.24, 2.45) is 23.7 Å². The summed E-state index contributed by atoms with van der Waals surface area (Å²) in [5, 5.41) is 9.38. The first-order chi connectivity index (χ1) is 12.9. The molecule has 12 heteroatoms. The van der Waals surface area contributed by atoms with Crippen LogP contribution < -0.4 is 0 Å². The third-order valence-corrected chi connectivity index (χ3v) is 6.23. The van der Waals surface area contributed by atoms with Gasteiger partial charge in [-0.2, -0.15) is 26.3 Å². The lowest BCUT2D eigenvalue weighted by atomic mass is 9.98. The summed E-state index contributed by atoms with van der Waals surface area (Å²) in [6.07, 6.45) is -9.16. The van der Waals surface area contributed by atoms with E-state index in [-0.39, 0.29) is 36.1 Å². The molecule has 158 valence electrons. The molecule has 0 radical (unpaired) electrons. The number of hydrogen-bond donors (Lipinski definition) is 2. The number of aromatic carboxylic acids is 1. The van der Waals surface area contributed by atoms with Gasteiger partial charge in [0.25, 0.3) is 0 Å². The van der Waals surface area contributed by atoms with Crippen LogP contribution >= 0.6 is 23.2 Å². The number of carboxylic acid groups (broad SMARTS) is 1. The fourth-order valence-corrected chi connectivity index (χ4v) is 4.64. The number of aromatic nitrogens is 2. The number of halogens is 8. The largest absolute Gasteiger partial charge is 0.476 e. The minimum Gasteiger partial charge on any atom is -0.476 e. The fraction of sp³-hybridized carbons (Fsp3) is 0.750. The summed E-state index contributed by atoms with van der Waals surface area (Å²) < 4.78 is 77.4. The highest BCUT2D eigenvalue weighted by Crippen LogP contribution is 2.58. The zero-order chi connectivity index (χ0) is 21.0. The number of carboxylic acids is 1. The van der Waals surface area contributed by atoms with E-state index in [4.69, 9.17) is 23.2 Å². The van der Waals surface area contributed by atoms with Gasteiger partial charge in [0.1, 0.15) is 5.82 Å². The van der Waals surface area contributed by atoms with Crippen molar-refractivity contribution in [3.63, 3.8) is 0 Å². The zero-order valence-electron chi connectivity index (χ0n) is 14.1. The lowest BCUT2D eigenvalue weighted by Crippen LogP contribution is -2.17. The third kappa shape index (κ3) is 4.08. The van der Waals surface area contributed by atoms with E-state index in [1.54, 1.807) is 0 Å². The van der Waals surface area contributed by atoms with Crippen molar-refractivity contribution >= 4 is 29.2 Å². The number of hydrogen-bond acceptors (Lipinski definition) is 2. The van der Waals surface area contributed by atoms with E-state index in [0.717, 1.165) is 0 Å². The van der Waals surface area contributed by atoms with Crippen molar-refractivity contribution in [3.8, 4) is 0 Å². The highest BCUT2D eigenvalue weighted by molar-refractivity contribution is 6.18. The molecule has 2 fully saturated rings. The molecule has 6 unspecified atom stereocenters. The Kier molecular flexibility index (Phi) is 5.59. The van der Waals surface area contributed by atoms with Crippen molar-refractivity contribution in [3.05, 3.63) is 17.2 Å². The summed E-state index contributed by atoms with van der Waals surface area (Å²) in [6.45, 7) is 0. The molecule has 0 amide bonds. The molecule has 2 aliphatic rings. The molecule has 1 aromatic heterocycles. The summed E-state index contributed by atoms with van der Waals surface area (Å²) >= 11 is 11.6. The van der Waals surface area contributed by atoms with Crippen LogP contribution in [0.2, 0.25) is 0 Å². The Balaban J connectivity index is 1.89. The quantitative estimate of drug-likeness (QED) is 0.444. The molecule has 0 aliphatic heterocycles. The van der Waals surface area contributed by atoms with E-state index >= 15 is 0 Å². The van der Waals surface area contributed by atoms with E-state index in [9.17, 15) is 36.2 Å². The summed E-state index contributed by atoms with van der Waals surface area (Å²) in [5.41, 5.74) is -0.610. The van der Waals surface area contributed by atoms with Crippen molar-refractivity contribution in [1.82, 2.24) is 9.97 Å². The maximum Gasteiger partial charge on any atom is 0.392 e. The summed E-state index contributed by atoms with van der Waals surface area (Å²) in [5.74, 6) is -8.79. The number of nitrogens with one attached hydrogen (secondary N) is 1. The summed E-state index contributed by atoms with van der Waals surface area (Å²) in [7, 11) is 0. The van der Waals surface area contributed by atoms with Gasteiger partial charge in [0.05, 0.1) is 17.5 Å². The van der Waals surface area contributed by atoms with Gasteiger partial charge in [-0.25, -0.2) is 9.78 Å². The van der Waals surface area contributed by atoms with Crippen LogP contribution in [0.4, 0.5) is 26.3 Å². The van der Waals surface area contributed by atoms with Gasteiger partial charge in [0.2, 0.25) is 0 Å². The van der Waals surface area contributed by atoms with Crippen LogP contribution in [-0.2, 0) is 0 Å². The Bertz CT molecular complexity index is 750. The van der Waals surface area contributed by atoms with Crippen LogP contribution in [0.5, 0.6) is 0 Å². The molecule has 2 aliphatic carbocycles. The highest BCUT2D eigenvalue weighted by atomic mass is 35.5. The fourth-order valence-electron chi connectivity index (χ4n) is 3.88. The average Bonchev–Trinajstić information content (AvgIpc) is 3.44. The summed E-state index contributed by atoms with van der Waals surface area (Å²) in [6, 6.07) is 0. The SMILES string of the molecule is O=C(O)c1nc(C(CCl)C2CC2C(F)(F)F)[nH]c1C(CCl)C1CC1C(F)(F)F. The van der Waals surface area contributed by atoms with Gasteiger partial charge >= 0.3 is 18.3 Å². The van der Waals surface area contributed by atoms with Crippen molar-refractivity contribution in [2.75, 3.05) is 11.8 Å². The Labute approximate surface area is 165 Å². The zero-order valence-corrected chi connectivity index (χ0v) is 15.6. The van der Waals surface area contributed by atoms with Gasteiger partial charge in [-0.1, -0.05) is 0 Å². The maximum atomic E-state index is 12.9. The Morgan fingerprint density at radius 1 is 1.04 bits per heavy atom. The summed E-state index contributed by atoms with van der Waals surface area (Å²) in [4.78, 5) is 18.1. The first-order valence-corrected chi connectivity index (χ1v) is 9.55. The monoisotopic (exact) mass is 452 g/mol. The van der Waals surface area contributed by atoms with E-state index in [0.29, 0.717) is 0 Å². The van der Waals surface area contributed by atoms with E-state index in [1.165, 1.54) is 0 Å². The smallest absolute Gasteiger partial charge is 0.392 e. The normalized spacial score (nSPS) is 29.4. The van der Waals surface area contributed by atoms with Crippen LogP contribution in [0.3, 0.4) is 0 Å². The molecule has 2 N–H and O–H groups in total. The maximum absolute atomic E-state index is 12.9. The van der Waals surface area contributed by atoms with E-state index in [2.05, 4.69) is 9.97 Å². The minimum absolute atomic E-state index is 0.0570. The van der Waals surface area contributed by atoms with Crippen LogP contribution in [-0.4, -0.2) is 45.2 Å². The standard InChI is InChI=1S/C16H16Cl2F6N2O2/c17-3-7(5-1-9(5)15(19,20)21)11-12(14(27)28)26-13(25-11)8(4-18)6-2-10(6)16(22,23)24/h5-10H,1-4H2,(H,25,26)(H,27,28). The predicted octanol–water partition coefficient (Wildman–Crippen LogP) is 5.15. The second-order valence-electron chi connectivity index (χ2n) is 7.31. The first-order valence-electron chi connectivity index (χ1n) is 8.48. The highest BCUT2D eigenvalue weighted by Gasteiger charge is 2.60. The molecule has 6 atom stereocenters. The molecule has 28 heavy (non-hydrogen) atoms. The molecule has 0 spiro atoms. The van der Waals surface area contributed by atoms with Crippen LogP contribution in [0.25, 0.3) is 0 Å². The van der Waals surface area contributed by atoms with Crippen LogP contribution in [0.1, 0.15) is 46.7 Å². The van der Waals surface area contributed by atoms with E-state index in [1.807, 2.05) is 0 Å². The van der Waals surface area contributed by atoms with Gasteiger partial charge in [-0.15, -0.1) is 23.2 Å². The number of imidazole rings is 1. The third-order valence-electron chi connectivity index (χ3n) is 5.56. The molecule has 0 saturated heterocycles. The number of H-pyrrole nitrogens is 1. The molecular weight excluding hydrogens is 437 g/mol. The van der Waals surface area contributed by atoms with Crippen molar-refractivity contribution in [2.45, 2.75) is 37.0 Å².